The Labute approximate surface area is 168 Å². The Balaban J connectivity index is 1.47. The molecule has 2 heterocycles. The fourth-order valence-corrected chi connectivity index (χ4v) is 3.27. The highest BCUT2D eigenvalue weighted by Gasteiger charge is 2.23. The van der Waals surface area contributed by atoms with Crippen LogP contribution in [0.2, 0.25) is 0 Å². The number of benzene rings is 1. The summed E-state index contributed by atoms with van der Waals surface area (Å²) in [6, 6.07) is 13.1. The number of aromatic nitrogens is 1. The van der Waals surface area contributed by atoms with Crippen LogP contribution in [0.4, 0.5) is 5.69 Å². The Kier molecular flexibility index (Phi) is 6.74. The number of anilines is 1. The molecular weight excluding hydrogens is 350 g/mol. The van der Waals surface area contributed by atoms with Crippen molar-refractivity contribution in [3.63, 3.8) is 0 Å². The van der Waals surface area contributed by atoms with Crippen LogP contribution in [0, 0.1) is 6.92 Å². The fourth-order valence-electron chi connectivity index (χ4n) is 3.27. The first-order valence-electron chi connectivity index (χ1n) is 9.94. The first-order valence-corrected chi connectivity index (χ1v) is 9.94. The summed E-state index contributed by atoms with van der Waals surface area (Å²) in [4.78, 5) is 11.1. The van der Waals surface area contributed by atoms with E-state index < -0.39 is 0 Å². The molecule has 3 rings (SSSR count). The highest BCUT2D eigenvalue weighted by Crippen LogP contribution is 2.20. The SMILES string of the molecule is CN=C(NCc1ccc(OC(C)C)nc1)NC1CCN(c2ccc(C)cc2)C1. The Bertz CT molecular complexity index is 771. The number of nitrogens with zero attached hydrogens (tertiary/aromatic N) is 3. The Morgan fingerprint density at radius 3 is 2.68 bits per heavy atom. The van der Waals surface area contributed by atoms with Gasteiger partial charge in [-0.2, -0.15) is 0 Å². The zero-order valence-electron chi connectivity index (χ0n) is 17.3. The standard InChI is InChI=1S/C22H31N5O/c1-16(2)28-21-10-7-18(13-24-21)14-25-22(23-4)26-19-11-12-27(15-19)20-8-5-17(3)6-9-20/h5-10,13,16,19H,11-12,14-15H2,1-4H3,(H2,23,25,26). The number of hydrogen-bond donors (Lipinski definition) is 2. The maximum Gasteiger partial charge on any atom is 0.213 e. The largest absolute Gasteiger partial charge is 0.475 e. The maximum atomic E-state index is 5.59. The minimum Gasteiger partial charge on any atom is -0.475 e. The first-order chi connectivity index (χ1) is 13.5. The van der Waals surface area contributed by atoms with Gasteiger partial charge in [0.05, 0.1) is 6.10 Å². The van der Waals surface area contributed by atoms with Gasteiger partial charge in [0.25, 0.3) is 0 Å². The van der Waals surface area contributed by atoms with Gasteiger partial charge in [0.15, 0.2) is 5.96 Å². The third kappa shape index (κ3) is 5.62. The molecule has 1 atom stereocenters. The maximum absolute atomic E-state index is 5.59. The summed E-state index contributed by atoms with van der Waals surface area (Å²) in [7, 11) is 1.81. The Morgan fingerprint density at radius 2 is 2.04 bits per heavy atom. The molecule has 1 aliphatic heterocycles. The van der Waals surface area contributed by atoms with E-state index in [4.69, 9.17) is 4.74 Å². The number of pyridine rings is 1. The van der Waals surface area contributed by atoms with Gasteiger partial charge in [0.2, 0.25) is 5.88 Å². The van der Waals surface area contributed by atoms with Gasteiger partial charge in [-0.25, -0.2) is 4.98 Å². The summed E-state index contributed by atoms with van der Waals surface area (Å²) in [5, 5.41) is 6.91. The second kappa shape index (κ2) is 9.44. The lowest BCUT2D eigenvalue weighted by atomic mass is 10.2. The van der Waals surface area contributed by atoms with E-state index >= 15 is 0 Å². The van der Waals surface area contributed by atoms with Crippen molar-refractivity contribution in [3.05, 3.63) is 53.7 Å². The summed E-state index contributed by atoms with van der Waals surface area (Å²) in [5.74, 6) is 1.47. The average Bonchev–Trinajstić information content (AvgIpc) is 3.15. The predicted molar refractivity (Wildman–Crippen MR) is 115 cm³/mol. The third-order valence-corrected chi connectivity index (χ3v) is 4.77. The summed E-state index contributed by atoms with van der Waals surface area (Å²) in [5.41, 5.74) is 3.67. The zero-order chi connectivity index (χ0) is 19.9. The van der Waals surface area contributed by atoms with Gasteiger partial charge in [0.1, 0.15) is 0 Å². The van der Waals surface area contributed by atoms with Crippen molar-refractivity contribution in [2.45, 2.75) is 45.9 Å². The molecular formula is C22H31N5O. The van der Waals surface area contributed by atoms with Crippen LogP contribution < -0.4 is 20.3 Å². The van der Waals surface area contributed by atoms with E-state index in [0.29, 0.717) is 18.5 Å². The van der Waals surface area contributed by atoms with Crippen molar-refractivity contribution in [1.29, 1.82) is 0 Å². The van der Waals surface area contributed by atoms with E-state index in [-0.39, 0.29) is 6.10 Å². The van der Waals surface area contributed by atoms with Crippen LogP contribution >= 0.6 is 0 Å². The van der Waals surface area contributed by atoms with Crippen molar-refractivity contribution in [3.8, 4) is 5.88 Å². The quantitative estimate of drug-likeness (QED) is 0.595. The number of guanidine groups is 1. The summed E-state index contributed by atoms with van der Waals surface area (Å²) < 4.78 is 5.59. The van der Waals surface area contributed by atoms with Crippen molar-refractivity contribution in [2.75, 3.05) is 25.0 Å². The number of ether oxygens (including phenoxy) is 1. The number of aryl methyl sites for hydroxylation is 1. The van der Waals surface area contributed by atoms with E-state index in [0.717, 1.165) is 31.0 Å². The van der Waals surface area contributed by atoms with Crippen LogP contribution in [-0.2, 0) is 6.54 Å². The van der Waals surface area contributed by atoms with Gasteiger partial charge >= 0.3 is 0 Å². The van der Waals surface area contributed by atoms with E-state index in [1.54, 1.807) is 7.05 Å². The lowest BCUT2D eigenvalue weighted by molar-refractivity contribution is 0.232. The van der Waals surface area contributed by atoms with Crippen LogP contribution in [0.5, 0.6) is 5.88 Å². The monoisotopic (exact) mass is 381 g/mol. The van der Waals surface area contributed by atoms with Crippen LogP contribution in [0.3, 0.4) is 0 Å². The summed E-state index contributed by atoms with van der Waals surface area (Å²) in [6.07, 6.45) is 3.06. The second-order valence-electron chi connectivity index (χ2n) is 7.51. The van der Waals surface area contributed by atoms with E-state index in [1.165, 1.54) is 11.3 Å². The normalized spacial score (nSPS) is 17.1. The van der Waals surface area contributed by atoms with E-state index in [1.807, 2.05) is 32.2 Å². The molecule has 0 bridgehead atoms. The molecule has 1 fully saturated rings. The van der Waals surface area contributed by atoms with E-state index in [2.05, 4.69) is 56.7 Å². The van der Waals surface area contributed by atoms with Crippen LogP contribution in [-0.4, -0.2) is 43.2 Å². The molecule has 0 radical (unpaired) electrons. The molecule has 1 aromatic carbocycles. The summed E-state index contributed by atoms with van der Waals surface area (Å²) >= 11 is 0. The predicted octanol–water partition coefficient (Wildman–Crippen LogP) is 3.12. The molecule has 2 aromatic rings. The Hall–Kier alpha value is -2.76. The molecule has 6 heteroatoms. The molecule has 0 saturated carbocycles. The molecule has 0 spiro atoms. The minimum absolute atomic E-state index is 0.130. The first kappa shape index (κ1) is 20.0. The average molecular weight is 382 g/mol. The Morgan fingerprint density at radius 1 is 1.25 bits per heavy atom. The number of hydrogen-bond acceptors (Lipinski definition) is 4. The molecule has 0 amide bonds. The molecule has 1 aromatic heterocycles. The topological polar surface area (TPSA) is 61.8 Å². The lowest BCUT2D eigenvalue weighted by Gasteiger charge is -2.20. The van der Waals surface area contributed by atoms with Gasteiger partial charge in [-0.05, 0) is 44.9 Å². The lowest BCUT2D eigenvalue weighted by Crippen LogP contribution is -2.44. The van der Waals surface area contributed by atoms with Gasteiger partial charge in [-0.15, -0.1) is 0 Å². The van der Waals surface area contributed by atoms with E-state index in [9.17, 15) is 0 Å². The van der Waals surface area contributed by atoms with Crippen molar-refractivity contribution >= 4 is 11.6 Å². The molecule has 0 aliphatic carbocycles. The van der Waals surface area contributed by atoms with Gasteiger partial charge in [-0.3, -0.25) is 4.99 Å². The molecule has 28 heavy (non-hydrogen) atoms. The summed E-state index contributed by atoms with van der Waals surface area (Å²) in [6.45, 7) is 8.81. The van der Waals surface area contributed by atoms with Crippen molar-refractivity contribution < 1.29 is 4.74 Å². The smallest absolute Gasteiger partial charge is 0.213 e. The molecule has 2 N–H and O–H groups in total. The highest BCUT2D eigenvalue weighted by molar-refractivity contribution is 5.80. The highest BCUT2D eigenvalue weighted by atomic mass is 16.5. The van der Waals surface area contributed by atoms with Crippen LogP contribution in [0.1, 0.15) is 31.4 Å². The van der Waals surface area contributed by atoms with Crippen LogP contribution in [0.25, 0.3) is 0 Å². The fraction of sp³-hybridized carbons (Fsp3) is 0.455. The number of nitrogens with one attached hydrogen (secondary N) is 2. The minimum atomic E-state index is 0.130. The number of rotatable bonds is 6. The van der Waals surface area contributed by atoms with Gasteiger partial charge in [0, 0.05) is 50.7 Å². The zero-order valence-corrected chi connectivity index (χ0v) is 17.3. The molecule has 1 aliphatic rings. The van der Waals surface area contributed by atoms with Crippen molar-refractivity contribution in [2.24, 2.45) is 4.99 Å². The molecule has 1 saturated heterocycles. The van der Waals surface area contributed by atoms with Gasteiger partial charge in [-0.1, -0.05) is 23.8 Å². The number of aliphatic imine (C=N–C) groups is 1. The molecule has 6 nitrogen and oxygen atoms in total. The molecule has 150 valence electrons. The third-order valence-electron chi connectivity index (χ3n) is 4.77. The second-order valence-corrected chi connectivity index (χ2v) is 7.51. The molecule has 1 unspecified atom stereocenters. The van der Waals surface area contributed by atoms with Crippen LogP contribution in [0.15, 0.2) is 47.6 Å². The van der Waals surface area contributed by atoms with Gasteiger partial charge < -0.3 is 20.3 Å². The van der Waals surface area contributed by atoms with Crippen molar-refractivity contribution in [1.82, 2.24) is 15.6 Å².